The minimum atomic E-state index is -0.707. The number of halogens is 2. The highest BCUT2D eigenvalue weighted by atomic mass is 79.9. The van der Waals surface area contributed by atoms with Crippen molar-refractivity contribution in [3.8, 4) is 0 Å². The second kappa shape index (κ2) is 8.52. The summed E-state index contributed by atoms with van der Waals surface area (Å²) >= 11 is 3.22. The second-order valence-corrected chi connectivity index (χ2v) is 4.74. The van der Waals surface area contributed by atoms with Crippen molar-refractivity contribution in [2.45, 2.75) is 12.5 Å². The number of nitrogens with one attached hydrogen (secondary N) is 1. The van der Waals surface area contributed by atoms with Crippen LogP contribution in [0.25, 0.3) is 10.4 Å². The summed E-state index contributed by atoms with van der Waals surface area (Å²) in [6.07, 6.45) is 0.580. The highest BCUT2D eigenvalue weighted by Crippen LogP contribution is 2.25. The molecule has 1 atom stereocenters. The van der Waals surface area contributed by atoms with Crippen molar-refractivity contribution in [2.24, 2.45) is 5.11 Å². The van der Waals surface area contributed by atoms with Crippen LogP contribution in [0.5, 0.6) is 0 Å². The summed E-state index contributed by atoms with van der Waals surface area (Å²) in [5.41, 5.74) is 8.75. The number of benzene rings is 1. The Morgan fingerprint density at radius 3 is 3.00 bits per heavy atom. The molecule has 0 fully saturated rings. The fourth-order valence-electron chi connectivity index (χ4n) is 1.61. The molecule has 0 aliphatic rings. The van der Waals surface area contributed by atoms with Crippen LogP contribution in [0.15, 0.2) is 27.8 Å². The van der Waals surface area contributed by atoms with E-state index in [0.29, 0.717) is 29.5 Å². The lowest BCUT2D eigenvalue weighted by molar-refractivity contribution is -0.143. The highest BCUT2D eigenvalue weighted by Gasteiger charge is 2.23. The first-order valence-corrected chi connectivity index (χ1v) is 6.66. The van der Waals surface area contributed by atoms with Crippen molar-refractivity contribution in [1.82, 2.24) is 5.32 Å². The van der Waals surface area contributed by atoms with Crippen LogP contribution in [-0.2, 0) is 9.53 Å². The fraction of sp³-hybridized carbons (Fsp3) is 0.417. The Morgan fingerprint density at radius 1 is 1.65 bits per heavy atom. The summed E-state index contributed by atoms with van der Waals surface area (Å²) in [7, 11) is 1.29. The summed E-state index contributed by atoms with van der Waals surface area (Å²) in [4.78, 5) is 14.4. The number of methoxy groups -OCH3 is 1. The molecule has 1 aromatic rings. The van der Waals surface area contributed by atoms with Crippen molar-refractivity contribution in [3.63, 3.8) is 0 Å². The summed E-state index contributed by atoms with van der Waals surface area (Å²) in [6.45, 7) is 0.796. The number of carbonyl (C=O) groups is 1. The minimum absolute atomic E-state index is 0.335. The van der Waals surface area contributed by atoms with Gasteiger partial charge in [-0.2, -0.15) is 0 Å². The van der Waals surface area contributed by atoms with Gasteiger partial charge in [-0.15, -0.1) is 0 Å². The molecule has 0 amide bonds. The van der Waals surface area contributed by atoms with E-state index in [9.17, 15) is 9.18 Å². The Bertz CT molecular complexity index is 520. The van der Waals surface area contributed by atoms with E-state index in [2.05, 4.69) is 31.3 Å². The standard InChI is InChI=1S/C12H14BrFN4O2/c1-20-12(19)11(16-5-2-6-17-18-15)9-4-3-8(14)7-10(9)13/h3-4,7,11,16H,2,5-6H2,1H3. The zero-order valence-electron chi connectivity index (χ0n) is 10.8. The Balaban J connectivity index is 2.78. The normalized spacial score (nSPS) is 11.6. The van der Waals surface area contributed by atoms with Crippen LogP contribution < -0.4 is 5.32 Å². The van der Waals surface area contributed by atoms with Crippen molar-refractivity contribution in [3.05, 3.63) is 44.5 Å². The average molecular weight is 345 g/mol. The Morgan fingerprint density at radius 2 is 2.40 bits per heavy atom. The van der Waals surface area contributed by atoms with Crippen LogP contribution in [0, 0.1) is 5.82 Å². The van der Waals surface area contributed by atoms with Gasteiger partial charge in [-0.05, 0) is 36.2 Å². The molecule has 20 heavy (non-hydrogen) atoms. The molecule has 0 saturated carbocycles. The second-order valence-electron chi connectivity index (χ2n) is 3.88. The summed E-state index contributed by atoms with van der Waals surface area (Å²) in [5.74, 6) is -0.867. The topological polar surface area (TPSA) is 87.1 Å². The van der Waals surface area contributed by atoms with Gasteiger partial charge in [-0.3, -0.25) is 0 Å². The number of carbonyl (C=O) groups excluding carboxylic acids is 1. The van der Waals surface area contributed by atoms with E-state index < -0.39 is 17.8 Å². The first kappa shape index (κ1) is 16.4. The summed E-state index contributed by atoms with van der Waals surface area (Å²) < 4.78 is 18.3. The maximum absolute atomic E-state index is 13.1. The molecule has 0 aliphatic heterocycles. The van der Waals surface area contributed by atoms with Gasteiger partial charge in [-0.25, -0.2) is 9.18 Å². The molecule has 1 rings (SSSR count). The van der Waals surface area contributed by atoms with Crippen LogP contribution in [0.2, 0.25) is 0 Å². The molecule has 1 unspecified atom stereocenters. The summed E-state index contributed by atoms with van der Waals surface area (Å²) in [6, 6.07) is 3.37. The van der Waals surface area contributed by atoms with E-state index in [-0.39, 0.29) is 0 Å². The van der Waals surface area contributed by atoms with Gasteiger partial charge >= 0.3 is 5.97 Å². The molecule has 0 bridgehead atoms. The predicted molar refractivity (Wildman–Crippen MR) is 75.5 cm³/mol. The maximum Gasteiger partial charge on any atom is 0.327 e. The van der Waals surface area contributed by atoms with Gasteiger partial charge in [0.2, 0.25) is 0 Å². The molecule has 0 heterocycles. The molecule has 1 aromatic carbocycles. The van der Waals surface area contributed by atoms with Gasteiger partial charge < -0.3 is 10.1 Å². The Hall–Kier alpha value is -1.63. The van der Waals surface area contributed by atoms with E-state index in [1.54, 1.807) is 0 Å². The van der Waals surface area contributed by atoms with E-state index in [4.69, 9.17) is 10.3 Å². The first-order valence-electron chi connectivity index (χ1n) is 5.87. The first-order chi connectivity index (χ1) is 9.60. The molecule has 108 valence electrons. The predicted octanol–water partition coefficient (Wildman–Crippen LogP) is 3.09. The van der Waals surface area contributed by atoms with Crippen molar-refractivity contribution < 1.29 is 13.9 Å². The number of esters is 1. The zero-order valence-corrected chi connectivity index (χ0v) is 12.4. The highest BCUT2D eigenvalue weighted by molar-refractivity contribution is 9.10. The van der Waals surface area contributed by atoms with Crippen LogP contribution >= 0.6 is 15.9 Å². The summed E-state index contributed by atoms with van der Waals surface area (Å²) in [5, 5.41) is 6.40. The third kappa shape index (κ3) is 4.80. The van der Waals surface area contributed by atoms with Gasteiger partial charge in [-0.1, -0.05) is 27.1 Å². The average Bonchev–Trinajstić information content (AvgIpc) is 2.43. The lowest BCUT2D eigenvalue weighted by atomic mass is 10.1. The minimum Gasteiger partial charge on any atom is -0.468 e. The van der Waals surface area contributed by atoms with Crippen LogP contribution in [-0.4, -0.2) is 26.2 Å². The fourth-order valence-corrected chi connectivity index (χ4v) is 2.19. The number of hydrogen-bond donors (Lipinski definition) is 1. The molecule has 0 radical (unpaired) electrons. The quantitative estimate of drug-likeness (QED) is 0.271. The molecule has 1 N–H and O–H groups in total. The number of rotatable bonds is 7. The van der Waals surface area contributed by atoms with Crippen LogP contribution in [0.4, 0.5) is 4.39 Å². The largest absolute Gasteiger partial charge is 0.468 e. The van der Waals surface area contributed by atoms with E-state index in [0.717, 1.165) is 0 Å². The van der Waals surface area contributed by atoms with Crippen molar-refractivity contribution in [2.75, 3.05) is 20.2 Å². The maximum atomic E-state index is 13.1. The van der Waals surface area contributed by atoms with Gasteiger partial charge in [0.15, 0.2) is 0 Å². The third-order valence-corrected chi connectivity index (χ3v) is 3.24. The Kier molecular flexibility index (Phi) is 7.00. The molecule has 6 nitrogen and oxygen atoms in total. The number of azide groups is 1. The number of hydrogen-bond acceptors (Lipinski definition) is 4. The third-order valence-electron chi connectivity index (χ3n) is 2.56. The molecular weight excluding hydrogens is 331 g/mol. The molecule has 0 saturated heterocycles. The van der Waals surface area contributed by atoms with Crippen molar-refractivity contribution >= 4 is 21.9 Å². The number of nitrogens with zero attached hydrogens (tertiary/aromatic N) is 3. The van der Waals surface area contributed by atoms with E-state index >= 15 is 0 Å². The van der Waals surface area contributed by atoms with Crippen LogP contribution in [0.3, 0.4) is 0 Å². The van der Waals surface area contributed by atoms with E-state index in [1.807, 2.05) is 0 Å². The Labute approximate surface area is 124 Å². The SMILES string of the molecule is COC(=O)C(NCCCN=[N+]=[N-])c1ccc(F)cc1Br. The molecule has 0 aliphatic carbocycles. The lowest BCUT2D eigenvalue weighted by Gasteiger charge is -2.18. The molecule has 0 spiro atoms. The van der Waals surface area contributed by atoms with E-state index in [1.165, 1.54) is 25.3 Å². The van der Waals surface area contributed by atoms with Gasteiger partial charge in [0.25, 0.3) is 0 Å². The van der Waals surface area contributed by atoms with Gasteiger partial charge in [0, 0.05) is 15.9 Å². The van der Waals surface area contributed by atoms with Gasteiger partial charge in [0.1, 0.15) is 11.9 Å². The van der Waals surface area contributed by atoms with Gasteiger partial charge in [0.05, 0.1) is 7.11 Å². The lowest BCUT2D eigenvalue weighted by Crippen LogP contribution is -2.31. The zero-order chi connectivity index (χ0) is 15.0. The van der Waals surface area contributed by atoms with Crippen molar-refractivity contribution in [1.29, 1.82) is 0 Å². The molecular formula is C12H14BrFN4O2. The monoisotopic (exact) mass is 344 g/mol. The molecule has 0 aromatic heterocycles. The molecule has 8 heteroatoms. The number of ether oxygens (including phenoxy) is 1. The smallest absolute Gasteiger partial charge is 0.327 e. The van der Waals surface area contributed by atoms with Crippen LogP contribution in [0.1, 0.15) is 18.0 Å².